The van der Waals surface area contributed by atoms with Crippen LogP contribution < -0.4 is 0 Å². The molecule has 1 fully saturated rings. The van der Waals surface area contributed by atoms with E-state index in [9.17, 15) is 4.79 Å². The van der Waals surface area contributed by atoms with Crippen molar-refractivity contribution in [1.82, 2.24) is 4.90 Å². The monoisotopic (exact) mass is 303 g/mol. The van der Waals surface area contributed by atoms with Gasteiger partial charge in [-0.05, 0) is 30.6 Å². The van der Waals surface area contributed by atoms with E-state index in [1.807, 2.05) is 50.3 Å². The number of benzene rings is 1. The third-order valence-electron chi connectivity index (χ3n) is 2.87. The topological polar surface area (TPSA) is 20.3 Å². The Bertz CT molecular complexity index is 575. The minimum atomic E-state index is 0.0302. The van der Waals surface area contributed by atoms with Gasteiger partial charge < -0.3 is 0 Å². The number of thioether (sulfide) groups is 1. The summed E-state index contributed by atoms with van der Waals surface area (Å²) in [5.74, 6) is 0.0302. The van der Waals surface area contributed by atoms with Crippen LogP contribution in [0.3, 0.4) is 0 Å². The van der Waals surface area contributed by atoms with Crippen molar-refractivity contribution < 1.29 is 4.79 Å². The Morgan fingerprint density at radius 3 is 2.70 bits per heavy atom. The van der Waals surface area contributed by atoms with Crippen molar-refractivity contribution >= 4 is 40.3 Å². The van der Waals surface area contributed by atoms with Gasteiger partial charge in [-0.2, -0.15) is 0 Å². The predicted octanol–water partition coefficient (Wildman–Crippen LogP) is 4.24. The molecule has 0 N–H and O–H groups in total. The molecule has 1 amide bonds. The Balaban J connectivity index is 2.17. The first-order chi connectivity index (χ1) is 9.61. The van der Waals surface area contributed by atoms with Crippen LogP contribution in [0.25, 0.3) is 6.08 Å². The summed E-state index contributed by atoms with van der Waals surface area (Å²) in [6.07, 6.45) is 4.90. The zero-order chi connectivity index (χ0) is 14.5. The van der Waals surface area contributed by atoms with Gasteiger partial charge in [0.25, 0.3) is 5.91 Å². The first-order valence-electron chi connectivity index (χ1n) is 6.60. The van der Waals surface area contributed by atoms with Gasteiger partial charge in [0.1, 0.15) is 4.32 Å². The highest BCUT2D eigenvalue weighted by Gasteiger charge is 2.30. The van der Waals surface area contributed by atoms with Crippen LogP contribution in [0.2, 0.25) is 0 Å². The molecule has 0 bridgehead atoms. The van der Waals surface area contributed by atoms with Crippen molar-refractivity contribution in [1.29, 1.82) is 0 Å². The van der Waals surface area contributed by atoms with Crippen LogP contribution in [-0.4, -0.2) is 21.7 Å². The maximum Gasteiger partial charge on any atom is 0.266 e. The molecule has 0 atom stereocenters. The smallest absolute Gasteiger partial charge is 0.266 e. The molecule has 4 heteroatoms. The van der Waals surface area contributed by atoms with E-state index in [4.69, 9.17) is 12.2 Å². The molecule has 20 heavy (non-hydrogen) atoms. The number of carbonyl (C=O) groups is 1. The zero-order valence-corrected chi connectivity index (χ0v) is 13.3. The lowest BCUT2D eigenvalue weighted by Gasteiger charge is -2.11. The van der Waals surface area contributed by atoms with Crippen molar-refractivity contribution in [3.8, 4) is 0 Å². The van der Waals surface area contributed by atoms with Gasteiger partial charge in [0.15, 0.2) is 0 Å². The van der Waals surface area contributed by atoms with E-state index in [-0.39, 0.29) is 5.91 Å². The van der Waals surface area contributed by atoms with Gasteiger partial charge in [-0.25, -0.2) is 0 Å². The third kappa shape index (κ3) is 3.58. The van der Waals surface area contributed by atoms with Crippen LogP contribution in [0.4, 0.5) is 0 Å². The maximum atomic E-state index is 12.2. The quantitative estimate of drug-likeness (QED) is 0.613. The second-order valence-electron chi connectivity index (χ2n) is 4.63. The minimum absolute atomic E-state index is 0.0302. The molecular formula is C16H17NOS2. The molecule has 0 spiro atoms. The summed E-state index contributed by atoms with van der Waals surface area (Å²) >= 11 is 6.64. The molecule has 0 unspecified atom stereocenters. The third-order valence-corrected chi connectivity index (χ3v) is 4.25. The highest BCUT2D eigenvalue weighted by Crippen LogP contribution is 2.32. The van der Waals surface area contributed by atoms with E-state index < -0.39 is 0 Å². The van der Waals surface area contributed by atoms with Gasteiger partial charge >= 0.3 is 0 Å². The number of carbonyl (C=O) groups excluding carboxylic acids is 1. The second-order valence-corrected chi connectivity index (χ2v) is 6.31. The molecule has 2 nitrogen and oxygen atoms in total. The summed E-state index contributed by atoms with van der Waals surface area (Å²) in [5, 5.41) is 0. The fraction of sp³-hybridized carbons (Fsp3) is 0.250. The fourth-order valence-corrected chi connectivity index (χ4v) is 3.34. The average molecular weight is 303 g/mol. The van der Waals surface area contributed by atoms with Crippen LogP contribution in [0.1, 0.15) is 25.8 Å². The lowest BCUT2D eigenvalue weighted by Crippen LogP contribution is -2.28. The number of nitrogens with zero attached hydrogens (tertiary/aromatic N) is 1. The number of hydrogen-bond donors (Lipinski definition) is 0. The Hall–Kier alpha value is -1.39. The van der Waals surface area contributed by atoms with Crippen LogP contribution in [0.5, 0.6) is 0 Å². The summed E-state index contributed by atoms with van der Waals surface area (Å²) in [6, 6.07) is 10.1. The van der Waals surface area contributed by atoms with Crippen LogP contribution in [-0.2, 0) is 4.79 Å². The minimum Gasteiger partial charge on any atom is -0.293 e. The molecule has 1 aromatic carbocycles. The van der Waals surface area contributed by atoms with Crippen molar-refractivity contribution in [2.75, 3.05) is 6.54 Å². The van der Waals surface area contributed by atoms with Crippen LogP contribution >= 0.6 is 24.0 Å². The van der Waals surface area contributed by atoms with Gasteiger partial charge in [0.2, 0.25) is 0 Å². The molecule has 1 aliphatic heterocycles. The first-order valence-corrected chi connectivity index (χ1v) is 7.83. The largest absolute Gasteiger partial charge is 0.293 e. The molecular weight excluding hydrogens is 286 g/mol. The molecule has 104 valence electrons. The SMILES string of the molecule is CCCN1C(=O)/C(=C/C(C)=C/c2ccccc2)SC1=S. The Kier molecular flexibility index (Phi) is 5.15. The van der Waals surface area contributed by atoms with E-state index in [0.29, 0.717) is 15.8 Å². The highest BCUT2D eigenvalue weighted by molar-refractivity contribution is 8.26. The van der Waals surface area contributed by atoms with E-state index >= 15 is 0 Å². The molecule has 0 radical (unpaired) electrons. The number of hydrogen-bond acceptors (Lipinski definition) is 3. The average Bonchev–Trinajstić information content (AvgIpc) is 2.68. The standard InChI is InChI=1S/C16H17NOS2/c1-3-9-17-15(18)14(20-16(17)19)11-12(2)10-13-7-5-4-6-8-13/h4-8,10-11H,3,9H2,1-2H3/b12-10+,14-11-. The summed E-state index contributed by atoms with van der Waals surface area (Å²) in [5.41, 5.74) is 2.18. The van der Waals surface area contributed by atoms with Gasteiger partial charge in [0, 0.05) is 6.54 Å². The Morgan fingerprint density at radius 2 is 2.05 bits per heavy atom. The Labute approximate surface area is 129 Å². The molecule has 0 aliphatic carbocycles. The molecule has 2 rings (SSSR count). The maximum absolute atomic E-state index is 12.2. The summed E-state index contributed by atoms with van der Waals surface area (Å²) < 4.78 is 0.663. The van der Waals surface area contributed by atoms with Gasteiger partial charge in [-0.3, -0.25) is 9.69 Å². The number of allylic oxidation sites excluding steroid dienone is 2. The van der Waals surface area contributed by atoms with E-state index in [2.05, 4.69) is 6.08 Å². The number of rotatable bonds is 4. The van der Waals surface area contributed by atoms with Crippen LogP contribution in [0.15, 0.2) is 46.9 Å². The molecule has 1 aliphatic rings. The zero-order valence-electron chi connectivity index (χ0n) is 11.6. The van der Waals surface area contributed by atoms with E-state index in [1.165, 1.54) is 11.8 Å². The van der Waals surface area contributed by atoms with Gasteiger partial charge in [0.05, 0.1) is 4.91 Å². The van der Waals surface area contributed by atoms with E-state index in [1.54, 1.807) is 4.90 Å². The Morgan fingerprint density at radius 1 is 1.35 bits per heavy atom. The van der Waals surface area contributed by atoms with Crippen molar-refractivity contribution in [2.24, 2.45) is 0 Å². The summed E-state index contributed by atoms with van der Waals surface area (Å²) in [4.78, 5) is 14.6. The molecule has 0 aromatic heterocycles. The predicted molar refractivity (Wildman–Crippen MR) is 90.4 cm³/mol. The first kappa shape index (κ1) is 15.0. The summed E-state index contributed by atoms with van der Waals surface area (Å²) in [7, 11) is 0. The lowest BCUT2D eigenvalue weighted by molar-refractivity contribution is -0.122. The lowest BCUT2D eigenvalue weighted by atomic mass is 10.1. The number of thiocarbonyl (C=S) groups is 1. The normalized spacial score (nSPS) is 18.2. The highest BCUT2D eigenvalue weighted by atomic mass is 32.2. The second kappa shape index (κ2) is 6.86. The molecule has 1 heterocycles. The van der Waals surface area contributed by atoms with Crippen molar-refractivity contribution in [3.05, 3.63) is 52.4 Å². The fourth-order valence-electron chi connectivity index (χ4n) is 1.98. The van der Waals surface area contributed by atoms with Crippen LogP contribution in [0, 0.1) is 0 Å². The molecule has 1 saturated heterocycles. The molecule has 0 saturated carbocycles. The van der Waals surface area contributed by atoms with Gasteiger partial charge in [-0.1, -0.05) is 67.3 Å². The number of amides is 1. The van der Waals surface area contributed by atoms with E-state index in [0.717, 1.165) is 17.6 Å². The molecule has 1 aromatic rings. The van der Waals surface area contributed by atoms with Gasteiger partial charge in [-0.15, -0.1) is 0 Å². The summed E-state index contributed by atoms with van der Waals surface area (Å²) in [6.45, 7) is 4.74. The van der Waals surface area contributed by atoms with Crippen molar-refractivity contribution in [3.63, 3.8) is 0 Å². The van der Waals surface area contributed by atoms with Crippen molar-refractivity contribution in [2.45, 2.75) is 20.3 Å².